The number of aromatic hydroxyl groups is 6. The van der Waals surface area contributed by atoms with Crippen LogP contribution in [-0.4, -0.2) is 49.2 Å². The molecule has 1 heterocycles. The third kappa shape index (κ3) is 9.46. The molecule has 0 amide bonds. The van der Waals surface area contributed by atoms with Crippen molar-refractivity contribution >= 4 is 15.9 Å². The van der Waals surface area contributed by atoms with E-state index in [2.05, 4.69) is 64.4 Å². The number of rotatable bonds is 11. The van der Waals surface area contributed by atoms with Crippen LogP contribution in [0.3, 0.4) is 0 Å². The van der Waals surface area contributed by atoms with Crippen molar-refractivity contribution in [2.75, 3.05) is 18.5 Å². The average Bonchev–Trinajstić information content (AvgIpc) is 3.20. The molecule has 0 radical (unpaired) electrons. The number of benzene rings is 6. The van der Waals surface area contributed by atoms with Crippen LogP contribution in [0.2, 0.25) is 0 Å². The van der Waals surface area contributed by atoms with Crippen molar-refractivity contribution < 1.29 is 35.4 Å². The van der Waals surface area contributed by atoms with Crippen LogP contribution < -0.4 is 0 Å². The second-order valence-electron chi connectivity index (χ2n) is 18.1. The summed E-state index contributed by atoms with van der Waals surface area (Å²) in [5.41, 5.74) is 7.42. The monoisotopic (exact) mass is 872 g/mol. The van der Waals surface area contributed by atoms with Crippen molar-refractivity contribution in [2.45, 2.75) is 77.6 Å². The normalized spacial score (nSPS) is 13.9. The van der Waals surface area contributed by atoms with Crippen LogP contribution >= 0.6 is 15.9 Å². The molecule has 0 saturated carbocycles. The Morgan fingerprint density at radius 1 is 0.450 bits per heavy atom. The summed E-state index contributed by atoms with van der Waals surface area (Å²) in [5.74, 6) is 0.868. The lowest BCUT2D eigenvalue weighted by molar-refractivity contribution is -0.0854. The zero-order valence-corrected chi connectivity index (χ0v) is 37.1. The van der Waals surface area contributed by atoms with E-state index in [0.717, 1.165) is 51.9 Å². The number of halogens is 1. The summed E-state index contributed by atoms with van der Waals surface area (Å²) in [4.78, 5) is 0. The Morgan fingerprint density at radius 2 is 0.750 bits per heavy atom. The Balaban J connectivity index is 0.000000782. The zero-order valence-electron chi connectivity index (χ0n) is 35.6. The summed E-state index contributed by atoms with van der Waals surface area (Å²) in [6, 6.07) is 36.4. The molecule has 1 aliphatic rings. The van der Waals surface area contributed by atoms with Crippen molar-refractivity contribution in [1.29, 1.82) is 0 Å². The maximum atomic E-state index is 12.0. The summed E-state index contributed by atoms with van der Waals surface area (Å²) in [6.45, 7) is 16.6. The first kappa shape index (κ1) is 44.1. The van der Waals surface area contributed by atoms with Gasteiger partial charge in [-0.05, 0) is 104 Å². The Hall–Kier alpha value is -5.44. The van der Waals surface area contributed by atoms with Crippen molar-refractivity contribution in [3.8, 4) is 34.5 Å². The quantitative estimate of drug-likeness (QED) is 0.0715. The molecule has 1 aliphatic heterocycles. The van der Waals surface area contributed by atoms with Gasteiger partial charge in [-0.3, -0.25) is 0 Å². The number of hydrogen-bond donors (Lipinski definition) is 6. The van der Waals surface area contributed by atoms with E-state index >= 15 is 0 Å². The average molecular weight is 874 g/mol. The smallest absolute Gasteiger partial charge is 0.122 e. The highest BCUT2D eigenvalue weighted by atomic mass is 79.9. The molecule has 6 aromatic carbocycles. The number of alkyl halides is 1. The van der Waals surface area contributed by atoms with Gasteiger partial charge >= 0.3 is 0 Å². The molecule has 0 atom stereocenters. The number of hydrogen-bond acceptors (Lipinski definition) is 7. The van der Waals surface area contributed by atoms with E-state index in [0.29, 0.717) is 27.7 Å². The Morgan fingerprint density at radius 3 is 1.03 bits per heavy atom. The molecule has 6 N–H and O–H groups in total. The van der Waals surface area contributed by atoms with E-state index in [4.69, 9.17) is 4.74 Å². The van der Waals surface area contributed by atoms with Crippen molar-refractivity contribution in [2.24, 2.45) is 5.41 Å². The predicted octanol–water partition coefficient (Wildman–Crippen LogP) is 11.5. The molecule has 60 heavy (non-hydrogen) atoms. The molecule has 1 saturated heterocycles. The van der Waals surface area contributed by atoms with Crippen LogP contribution in [0.25, 0.3) is 0 Å². The molecule has 0 aliphatic carbocycles. The summed E-state index contributed by atoms with van der Waals surface area (Å²) in [6.07, 6.45) is 0.479. The summed E-state index contributed by atoms with van der Waals surface area (Å²) < 4.78 is 5.00. The maximum Gasteiger partial charge on any atom is 0.122 e. The predicted molar refractivity (Wildman–Crippen MR) is 243 cm³/mol. The van der Waals surface area contributed by atoms with Gasteiger partial charge in [-0.2, -0.15) is 0 Å². The minimum atomic E-state index is -0.541. The number of phenolic OH excluding ortho intramolecular Hbond substituents is 6. The summed E-state index contributed by atoms with van der Waals surface area (Å²) >= 11 is 3.40. The minimum Gasteiger partial charge on any atom is -0.508 e. The maximum absolute atomic E-state index is 12.0. The van der Waals surface area contributed by atoms with Gasteiger partial charge in [-0.15, -0.1) is 0 Å². The topological polar surface area (TPSA) is 131 Å². The number of ether oxygens (including phenoxy) is 1. The van der Waals surface area contributed by atoms with Crippen LogP contribution in [-0.2, 0) is 33.8 Å². The standard InChI is InChI=1S/C47H48O6.C5H9BrO/c1-45(2,33-7-15-39(48)16-8-33)36-13-21-42(51)29(25-36)23-31-27-38(47(5,6)35-11-19-41(50)20-12-35)28-32(44(31)53)24-30-26-37(14-22-43(30)52)46(3,4)34-9-17-40(49)18-10-34;1-5(2-6)3-7-4-5/h7-22,25-28,48-53H,23-24H2,1-6H3;2-4H2,1H3. The molecule has 6 aromatic rings. The molecule has 7 nitrogen and oxygen atoms in total. The highest BCUT2D eigenvalue weighted by molar-refractivity contribution is 9.09. The minimum absolute atomic E-state index is 0.0838. The Labute approximate surface area is 362 Å². The Kier molecular flexibility index (Phi) is 12.7. The molecule has 0 spiro atoms. The van der Waals surface area contributed by atoms with Crippen molar-refractivity contribution in [3.63, 3.8) is 0 Å². The van der Waals surface area contributed by atoms with Crippen LogP contribution in [0.5, 0.6) is 34.5 Å². The summed E-state index contributed by atoms with van der Waals surface area (Å²) in [7, 11) is 0. The third-order valence-corrected chi connectivity index (χ3v) is 13.7. The fourth-order valence-corrected chi connectivity index (χ4v) is 8.02. The molecule has 0 unspecified atom stereocenters. The zero-order chi connectivity index (χ0) is 43.6. The first-order valence-corrected chi connectivity index (χ1v) is 21.4. The lowest BCUT2D eigenvalue weighted by Crippen LogP contribution is -2.40. The van der Waals surface area contributed by atoms with Gasteiger partial charge in [0.1, 0.15) is 34.5 Å². The highest BCUT2D eigenvalue weighted by Gasteiger charge is 2.32. The van der Waals surface area contributed by atoms with Gasteiger partial charge in [-0.25, -0.2) is 0 Å². The fraction of sp³-hybridized carbons (Fsp3) is 0.308. The van der Waals surface area contributed by atoms with E-state index in [1.54, 1.807) is 48.5 Å². The van der Waals surface area contributed by atoms with Gasteiger partial charge in [0.2, 0.25) is 0 Å². The van der Waals surface area contributed by atoms with E-state index in [1.807, 2.05) is 72.8 Å². The molecular formula is C52H57BrO7. The lowest BCUT2D eigenvalue weighted by Gasteiger charge is -2.36. The molecule has 1 fully saturated rings. The number of phenols is 6. The van der Waals surface area contributed by atoms with Gasteiger partial charge in [-0.1, -0.05) is 137 Å². The lowest BCUT2D eigenvalue weighted by atomic mass is 9.75. The molecule has 0 aromatic heterocycles. The van der Waals surface area contributed by atoms with Gasteiger partial charge in [0.05, 0.1) is 13.2 Å². The van der Waals surface area contributed by atoms with Gasteiger partial charge in [0.15, 0.2) is 0 Å². The van der Waals surface area contributed by atoms with Crippen LogP contribution in [0.4, 0.5) is 0 Å². The van der Waals surface area contributed by atoms with Gasteiger partial charge in [0.25, 0.3) is 0 Å². The summed E-state index contributed by atoms with van der Waals surface area (Å²) in [5, 5.41) is 65.2. The van der Waals surface area contributed by atoms with E-state index < -0.39 is 16.2 Å². The van der Waals surface area contributed by atoms with Gasteiger partial charge in [0, 0.05) is 39.8 Å². The Bertz CT molecular complexity index is 2290. The molecule has 8 heteroatoms. The molecule has 7 rings (SSSR count). The molecular weight excluding hydrogens is 816 g/mol. The van der Waals surface area contributed by atoms with Crippen LogP contribution in [0, 0.1) is 5.41 Å². The first-order chi connectivity index (χ1) is 28.2. The second-order valence-corrected chi connectivity index (χ2v) is 18.7. The van der Waals surface area contributed by atoms with Crippen LogP contribution in [0.15, 0.2) is 121 Å². The van der Waals surface area contributed by atoms with Crippen LogP contribution in [0.1, 0.15) is 104 Å². The van der Waals surface area contributed by atoms with Crippen molar-refractivity contribution in [1.82, 2.24) is 0 Å². The highest BCUT2D eigenvalue weighted by Crippen LogP contribution is 2.42. The SMILES string of the molecule is CC(C)(c1ccc(O)cc1)c1ccc(O)c(Cc2cc(C(C)(C)c3ccc(O)cc3)cc(Cc3cc(C(C)(C)c4ccc(O)cc4)ccc3O)c2O)c1.CC1(CBr)COC1. The third-order valence-electron chi connectivity index (χ3n) is 12.3. The van der Waals surface area contributed by atoms with E-state index in [1.165, 1.54) is 0 Å². The molecule has 314 valence electrons. The van der Waals surface area contributed by atoms with Crippen molar-refractivity contribution in [3.05, 3.63) is 177 Å². The van der Waals surface area contributed by atoms with E-state index in [-0.39, 0.29) is 47.3 Å². The second kappa shape index (κ2) is 17.3. The fourth-order valence-electron chi connectivity index (χ4n) is 7.69. The van der Waals surface area contributed by atoms with E-state index in [9.17, 15) is 30.6 Å². The first-order valence-electron chi connectivity index (χ1n) is 20.3. The molecule has 0 bridgehead atoms. The van der Waals surface area contributed by atoms with Gasteiger partial charge < -0.3 is 35.4 Å². The largest absolute Gasteiger partial charge is 0.508 e.